The molecule has 1 N–H and O–H groups in total. The summed E-state index contributed by atoms with van der Waals surface area (Å²) in [7, 11) is 0. The van der Waals surface area contributed by atoms with Crippen molar-refractivity contribution >= 4 is 17.2 Å². The Kier molecular flexibility index (Phi) is 7.08. The highest BCUT2D eigenvalue weighted by atomic mass is 32.1. The van der Waals surface area contributed by atoms with Gasteiger partial charge in [0.25, 0.3) is 0 Å². The van der Waals surface area contributed by atoms with Gasteiger partial charge >= 0.3 is 0 Å². The van der Waals surface area contributed by atoms with E-state index in [1.807, 2.05) is 60.7 Å². The first-order chi connectivity index (χ1) is 15.3. The first-order valence-corrected chi connectivity index (χ1v) is 11.2. The van der Waals surface area contributed by atoms with Gasteiger partial charge in [-0.15, -0.1) is 11.3 Å². The molecule has 0 bridgehead atoms. The number of para-hydroxylation sites is 1. The molecule has 0 aliphatic heterocycles. The first kappa shape index (κ1) is 20.8. The third kappa shape index (κ3) is 6.03. The van der Waals surface area contributed by atoms with E-state index >= 15 is 0 Å². The second-order valence-electron chi connectivity index (χ2n) is 7.15. The minimum atomic E-state index is 0.0303. The molecule has 0 fully saturated rings. The van der Waals surface area contributed by atoms with Crippen LogP contribution in [0.25, 0.3) is 21.8 Å². The molecule has 0 radical (unpaired) electrons. The van der Waals surface area contributed by atoms with Gasteiger partial charge in [0.2, 0.25) is 5.91 Å². The minimum absolute atomic E-state index is 0.0303. The maximum Gasteiger partial charge on any atom is 0.220 e. The number of hydrogen-bond donors (Lipinski definition) is 1. The van der Waals surface area contributed by atoms with Gasteiger partial charge in [0.05, 0.1) is 12.3 Å². The van der Waals surface area contributed by atoms with Crippen LogP contribution in [0.3, 0.4) is 0 Å². The Morgan fingerprint density at radius 3 is 2.45 bits per heavy atom. The summed E-state index contributed by atoms with van der Waals surface area (Å²) in [5.74, 6) is 0.861. The molecule has 5 heteroatoms. The lowest BCUT2D eigenvalue weighted by Crippen LogP contribution is -2.23. The number of amides is 1. The van der Waals surface area contributed by atoms with E-state index in [-0.39, 0.29) is 5.91 Å². The number of aromatic nitrogens is 1. The van der Waals surface area contributed by atoms with E-state index in [4.69, 9.17) is 9.72 Å². The van der Waals surface area contributed by atoms with Crippen LogP contribution < -0.4 is 10.1 Å². The van der Waals surface area contributed by atoms with Crippen LogP contribution in [-0.4, -0.2) is 17.5 Å². The molecule has 4 rings (SSSR count). The number of hydrogen-bond acceptors (Lipinski definition) is 4. The Hall–Kier alpha value is -3.44. The molecule has 1 heterocycles. The molecule has 1 amide bonds. The van der Waals surface area contributed by atoms with Crippen LogP contribution in [0.1, 0.15) is 18.4 Å². The molecule has 0 unspecified atom stereocenters. The molecule has 0 saturated heterocycles. The highest BCUT2D eigenvalue weighted by Crippen LogP contribution is 2.29. The number of nitrogens with zero attached hydrogens (tertiary/aromatic N) is 1. The molecule has 0 aliphatic carbocycles. The van der Waals surface area contributed by atoms with Crippen LogP contribution in [0.4, 0.5) is 0 Å². The highest BCUT2D eigenvalue weighted by molar-refractivity contribution is 7.13. The van der Waals surface area contributed by atoms with Crippen LogP contribution in [0.2, 0.25) is 0 Å². The Balaban J connectivity index is 1.27. The molecule has 4 nitrogen and oxygen atoms in total. The van der Waals surface area contributed by atoms with Gasteiger partial charge in [0.1, 0.15) is 10.8 Å². The Morgan fingerprint density at radius 1 is 0.903 bits per heavy atom. The number of nitrogens with one attached hydrogen (secondary N) is 1. The molecule has 31 heavy (non-hydrogen) atoms. The van der Waals surface area contributed by atoms with Crippen LogP contribution in [0.15, 0.2) is 90.3 Å². The topological polar surface area (TPSA) is 51.2 Å². The van der Waals surface area contributed by atoms with Crippen molar-refractivity contribution in [2.24, 2.45) is 0 Å². The van der Waals surface area contributed by atoms with E-state index < -0.39 is 0 Å². The zero-order valence-electron chi connectivity index (χ0n) is 17.2. The van der Waals surface area contributed by atoms with Gasteiger partial charge in [-0.05, 0) is 30.2 Å². The van der Waals surface area contributed by atoms with Gasteiger partial charge in [-0.1, -0.05) is 66.7 Å². The summed E-state index contributed by atoms with van der Waals surface area (Å²) >= 11 is 1.63. The first-order valence-electron chi connectivity index (χ1n) is 10.3. The third-order valence-corrected chi connectivity index (χ3v) is 5.69. The maximum absolute atomic E-state index is 12.2. The molecule has 156 valence electrons. The highest BCUT2D eigenvalue weighted by Gasteiger charge is 2.08. The van der Waals surface area contributed by atoms with Crippen LogP contribution >= 0.6 is 11.3 Å². The SMILES string of the molecule is O=C(CCCOc1ccccc1)NCc1cccc(-c2nc(-c3ccccc3)cs2)c1. The summed E-state index contributed by atoms with van der Waals surface area (Å²) < 4.78 is 5.63. The van der Waals surface area contributed by atoms with Crippen molar-refractivity contribution in [3.8, 4) is 27.6 Å². The number of carbonyl (C=O) groups is 1. The largest absolute Gasteiger partial charge is 0.494 e. The van der Waals surface area contributed by atoms with Crippen molar-refractivity contribution in [2.45, 2.75) is 19.4 Å². The summed E-state index contributed by atoms with van der Waals surface area (Å²) in [5, 5.41) is 6.05. The number of thiazole rings is 1. The number of carbonyl (C=O) groups excluding carboxylic acids is 1. The summed E-state index contributed by atoms with van der Waals surface area (Å²) in [5.41, 5.74) is 4.22. The quantitative estimate of drug-likeness (QED) is 0.335. The van der Waals surface area contributed by atoms with E-state index in [0.29, 0.717) is 26.0 Å². The minimum Gasteiger partial charge on any atom is -0.494 e. The Labute approximate surface area is 186 Å². The van der Waals surface area contributed by atoms with Crippen molar-refractivity contribution in [1.82, 2.24) is 10.3 Å². The summed E-state index contributed by atoms with van der Waals surface area (Å²) in [6, 6.07) is 28.0. The van der Waals surface area contributed by atoms with Crippen molar-refractivity contribution < 1.29 is 9.53 Å². The smallest absolute Gasteiger partial charge is 0.220 e. The second-order valence-corrected chi connectivity index (χ2v) is 8.00. The summed E-state index contributed by atoms with van der Waals surface area (Å²) in [6.45, 7) is 1.03. The fourth-order valence-electron chi connectivity index (χ4n) is 3.19. The lowest BCUT2D eigenvalue weighted by atomic mass is 10.1. The van der Waals surface area contributed by atoms with E-state index in [0.717, 1.165) is 33.1 Å². The van der Waals surface area contributed by atoms with Crippen molar-refractivity contribution in [2.75, 3.05) is 6.61 Å². The number of ether oxygens (including phenoxy) is 1. The van der Waals surface area contributed by atoms with Crippen molar-refractivity contribution in [3.63, 3.8) is 0 Å². The Morgan fingerprint density at radius 2 is 1.65 bits per heavy atom. The van der Waals surface area contributed by atoms with E-state index in [1.165, 1.54) is 0 Å². The lowest BCUT2D eigenvalue weighted by molar-refractivity contribution is -0.121. The normalized spacial score (nSPS) is 10.6. The van der Waals surface area contributed by atoms with Crippen LogP contribution in [-0.2, 0) is 11.3 Å². The molecular formula is C26H24N2O2S. The fourth-order valence-corrected chi connectivity index (χ4v) is 4.02. The fraction of sp³-hybridized carbons (Fsp3) is 0.154. The van der Waals surface area contributed by atoms with Crippen molar-refractivity contribution in [3.05, 3.63) is 95.9 Å². The predicted molar refractivity (Wildman–Crippen MR) is 126 cm³/mol. The lowest BCUT2D eigenvalue weighted by Gasteiger charge is -2.08. The van der Waals surface area contributed by atoms with Gasteiger partial charge < -0.3 is 10.1 Å². The maximum atomic E-state index is 12.2. The molecular weight excluding hydrogens is 404 g/mol. The van der Waals surface area contributed by atoms with E-state index in [2.05, 4.69) is 35.0 Å². The molecule has 1 aromatic heterocycles. The van der Waals surface area contributed by atoms with Crippen LogP contribution in [0, 0.1) is 0 Å². The average molecular weight is 429 g/mol. The van der Waals surface area contributed by atoms with Crippen LogP contribution in [0.5, 0.6) is 5.75 Å². The molecule has 4 aromatic rings. The summed E-state index contributed by atoms with van der Waals surface area (Å²) in [4.78, 5) is 16.9. The number of benzene rings is 3. The standard InChI is InChI=1S/C26H24N2O2S/c29-25(15-8-16-30-23-13-5-2-6-14-23)27-18-20-9-7-12-22(17-20)26-28-24(19-31-26)21-10-3-1-4-11-21/h1-7,9-14,17,19H,8,15-16,18H2,(H,27,29). The second kappa shape index (κ2) is 10.5. The monoisotopic (exact) mass is 428 g/mol. The molecule has 3 aromatic carbocycles. The van der Waals surface area contributed by atoms with Gasteiger partial charge in [-0.25, -0.2) is 4.98 Å². The van der Waals surface area contributed by atoms with Gasteiger partial charge in [0.15, 0.2) is 0 Å². The van der Waals surface area contributed by atoms with Gasteiger partial charge in [-0.2, -0.15) is 0 Å². The van der Waals surface area contributed by atoms with Gasteiger partial charge in [-0.3, -0.25) is 4.79 Å². The molecule has 0 atom stereocenters. The zero-order valence-corrected chi connectivity index (χ0v) is 18.0. The average Bonchev–Trinajstić information content (AvgIpc) is 3.33. The Bertz CT molecular complexity index is 1110. The molecule has 0 saturated carbocycles. The zero-order chi connectivity index (χ0) is 21.3. The van der Waals surface area contributed by atoms with Crippen molar-refractivity contribution in [1.29, 1.82) is 0 Å². The molecule has 0 aliphatic rings. The predicted octanol–water partition coefficient (Wildman–Crippen LogP) is 5.95. The number of rotatable bonds is 9. The van der Waals surface area contributed by atoms with Gasteiger partial charge in [0, 0.05) is 29.5 Å². The summed E-state index contributed by atoms with van der Waals surface area (Å²) in [6.07, 6.45) is 1.13. The molecule has 0 spiro atoms. The van der Waals surface area contributed by atoms with E-state index in [1.54, 1.807) is 11.3 Å². The third-order valence-electron chi connectivity index (χ3n) is 4.80. The van der Waals surface area contributed by atoms with E-state index in [9.17, 15) is 4.79 Å².